The minimum atomic E-state index is 0.584. The minimum Gasteiger partial charge on any atom is -0.495 e. The second-order valence-electron chi connectivity index (χ2n) is 5.57. The molecule has 1 aliphatic rings. The van der Waals surface area contributed by atoms with Crippen LogP contribution < -0.4 is 4.74 Å². The molecule has 118 valence electrons. The lowest BCUT2D eigenvalue weighted by Gasteiger charge is -2.05. The van der Waals surface area contributed by atoms with Crippen molar-refractivity contribution in [2.45, 2.75) is 37.3 Å². The molecule has 1 aliphatic carbocycles. The molecule has 4 nitrogen and oxygen atoms in total. The van der Waals surface area contributed by atoms with E-state index in [-0.39, 0.29) is 0 Å². The Morgan fingerprint density at radius 2 is 2.14 bits per heavy atom. The molecular formula is C16H19ClN2O2S. The molecule has 1 heterocycles. The van der Waals surface area contributed by atoms with E-state index < -0.39 is 0 Å². The van der Waals surface area contributed by atoms with Crippen LogP contribution in [0.25, 0.3) is 0 Å². The average Bonchev–Trinajstić information content (AvgIpc) is 3.17. The molecule has 0 spiro atoms. The Kier molecular flexibility index (Phi) is 5.26. The third-order valence-electron chi connectivity index (χ3n) is 3.94. The van der Waals surface area contributed by atoms with Gasteiger partial charge in [0.1, 0.15) is 5.75 Å². The van der Waals surface area contributed by atoms with Crippen LogP contribution in [-0.4, -0.2) is 23.1 Å². The van der Waals surface area contributed by atoms with Crippen LogP contribution in [0.2, 0.25) is 5.02 Å². The number of nitrogens with zero attached hydrogens (tertiary/aromatic N) is 2. The van der Waals surface area contributed by atoms with Gasteiger partial charge in [0.05, 0.1) is 18.6 Å². The number of ether oxygens (including phenoxy) is 1. The van der Waals surface area contributed by atoms with E-state index in [0.29, 0.717) is 28.3 Å². The van der Waals surface area contributed by atoms with Crippen LogP contribution in [-0.2, 0) is 6.42 Å². The number of hydrogen-bond donors (Lipinski definition) is 0. The van der Waals surface area contributed by atoms with Gasteiger partial charge in [0.25, 0.3) is 5.22 Å². The molecule has 1 aromatic heterocycles. The Morgan fingerprint density at radius 1 is 1.32 bits per heavy atom. The first kappa shape index (κ1) is 15.7. The number of thioether (sulfide) groups is 1. The molecule has 0 radical (unpaired) electrons. The van der Waals surface area contributed by atoms with Gasteiger partial charge in [-0.05, 0) is 36.5 Å². The molecule has 22 heavy (non-hydrogen) atoms. The number of aromatic nitrogens is 2. The Morgan fingerprint density at radius 3 is 2.86 bits per heavy atom. The van der Waals surface area contributed by atoms with E-state index in [1.54, 1.807) is 18.9 Å². The summed E-state index contributed by atoms with van der Waals surface area (Å²) < 4.78 is 10.9. The summed E-state index contributed by atoms with van der Waals surface area (Å²) in [6.45, 7) is 0. The van der Waals surface area contributed by atoms with Crippen LogP contribution in [0.15, 0.2) is 27.8 Å². The zero-order valence-corrected chi connectivity index (χ0v) is 14.1. The zero-order valence-electron chi connectivity index (χ0n) is 12.5. The van der Waals surface area contributed by atoms with Crippen molar-refractivity contribution in [3.63, 3.8) is 0 Å². The molecule has 2 aromatic rings. The predicted molar refractivity (Wildman–Crippen MR) is 87.8 cm³/mol. The molecule has 0 aliphatic heterocycles. The first-order valence-electron chi connectivity index (χ1n) is 7.52. The third-order valence-corrected chi connectivity index (χ3v) is 5.28. The number of rotatable bonds is 6. The van der Waals surface area contributed by atoms with E-state index >= 15 is 0 Å². The fourth-order valence-electron chi connectivity index (χ4n) is 2.73. The standard InChI is InChI=1S/C16H19ClN2O2S/c1-20-14-7-6-12(8-13(14)17)9-15-18-19-16(21-15)22-10-11-4-2-3-5-11/h6-8,11H,2-5,9-10H2,1H3. The van der Waals surface area contributed by atoms with Crippen molar-refractivity contribution in [3.05, 3.63) is 34.7 Å². The summed E-state index contributed by atoms with van der Waals surface area (Å²) in [6.07, 6.45) is 5.97. The summed E-state index contributed by atoms with van der Waals surface area (Å²) in [5.74, 6) is 3.18. The summed E-state index contributed by atoms with van der Waals surface area (Å²) in [5.41, 5.74) is 1.03. The highest BCUT2D eigenvalue weighted by molar-refractivity contribution is 7.99. The molecule has 6 heteroatoms. The van der Waals surface area contributed by atoms with Crippen molar-refractivity contribution in [3.8, 4) is 5.75 Å². The highest BCUT2D eigenvalue weighted by atomic mass is 35.5. The maximum absolute atomic E-state index is 6.13. The zero-order chi connectivity index (χ0) is 15.4. The monoisotopic (exact) mass is 338 g/mol. The van der Waals surface area contributed by atoms with Gasteiger partial charge in [-0.25, -0.2) is 0 Å². The van der Waals surface area contributed by atoms with Crippen molar-refractivity contribution < 1.29 is 9.15 Å². The van der Waals surface area contributed by atoms with E-state index in [1.165, 1.54) is 25.7 Å². The number of hydrogen-bond acceptors (Lipinski definition) is 5. The topological polar surface area (TPSA) is 48.2 Å². The highest BCUT2D eigenvalue weighted by Gasteiger charge is 2.17. The number of benzene rings is 1. The molecule has 0 N–H and O–H groups in total. The first-order chi connectivity index (χ1) is 10.7. The van der Waals surface area contributed by atoms with Gasteiger partial charge in [-0.2, -0.15) is 0 Å². The summed E-state index contributed by atoms with van der Waals surface area (Å²) in [4.78, 5) is 0. The van der Waals surface area contributed by atoms with E-state index in [1.807, 2.05) is 18.2 Å². The van der Waals surface area contributed by atoms with Crippen LogP contribution in [0.4, 0.5) is 0 Å². The Balaban J connectivity index is 1.57. The van der Waals surface area contributed by atoms with Crippen LogP contribution >= 0.6 is 23.4 Å². The fourth-order valence-corrected chi connectivity index (χ4v) is 3.97. The molecule has 0 bridgehead atoms. The Bertz CT molecular complexity index is 626. The molecule has 1 saturated carbocycles. The smallest absolute Gasteiger partial charge is 0.276 e. The SMILES string of the molecule is COc1ccc(Cc2nnc(SCC3CCCC3)o2)cc1Cl. The second kappa shape index (κ2) is 7.38. The van der Waals surface area contributed by atoms with Gasteiger partial charge < -0.3 is 9.15 Å². The van der Waals surface area contributed by atoms with Gasteiger partial charge in [-0.3, -0.25) is 0 Å². The highest BCUT2D eigenvalue weighted by Crippen LogP contribution is 2.31. The minimum absolute atomic E-state index is 0.584. The van der Waals surface area contributed by atoms with Gasteiger partial charge in [-0.1, -0.05) is 42.3 Å². The molecule has 1 aromatic carbocycles. The maximum Gasteiger partial charge on any atom is 0.276 e. The summed E-state index contributed by atoms with van der Waals surface area (Å²) in [5, 5.41) is 9.50. The first-order valence-corrected chi connectivity index (χ1v) is 8.88. The Labute approximate surface area is 139 Å². The van der Waals surface area contributed by atoms with Gasteiger partial charge in [-0.15, -0.1) is 10.2 Å². The molecule has 0 unspecified atom stereocenters. The van der Waals surface area contributed by atoms with Gasteiger partial charge in [0, 0.05) is 5.75 Å². The average molecular weight is 339 g/mol. The summed E-state index contributed by atoms with van der Waals surface area (Å²) in [7, 11) is 1.60. The molecular weight excluding hydrogens is 320 g/mol. The molecule has 0 atom stereocenters. The summed E-state index contributed by atoms with van der Waals surface area (Å²) in [6, 6.07) is 5.68. The Hall–Kier alpha value is -1.20. The van der Waals surface area contributed by atoms with Crippen molar-refractivity contribution in [1.82, 2.24) is 10.2 Å². The largest absolute Gasteiger partial charge is 0.495 e. The molecule has 3 rings (SSSR count). The number of methoxy groups -OCH3 is 1. The lowest BCUT2D eigenvalue weighted by molar-refractivity contribution is 0.413. The van der Waals surface area contributed by atoms with Crippen molar-refractivity contribution in [1.29, 1.82) is 0 Å². The lowest BCUT2D eigenvalue weighted by atomic mass is 10.1. The van der Waals surface area contributed by atoms with Crippen LogP contribution in [0.5, 0.6) is 5.75 Å². The number of halogens is 1. The normalized spacial score (nSPS) is 15.4. The van der Waals surface area contributed by atoms with Gasteiger partial charge >= 0.3 is 0 Å². The van der Waals surface area contributed by atoms with Crippen LogP contribution in [0.3, 0.4) is 0 Å². The predicted octanol–water partition coefficient (Wildman–Crippen LogP) is 4.60. The van der Waals surface area contributed by atoms with Crippen LogP contribution in [0.1, 0.15) is 37.1 Å². The molecule has 1 fully saturated rings. The lowest BCUT2D eigenvalue weighted by Crippen LogP contribution is -1.95. The van der Waals surface area contributed by atoms with E-state index in [9.17, 15) is 0 Å². The molecule has 0 saturated heterocycles. The maximum atomic E-state index is 6.13. The van der Waals surface area contributed by atoms with E-state index in [2.05, 4.69) is 10.2 Å². The van der Waals surface area contributed by atoms with Crippen molar-refractivity contribution in [2.24, 2.45) is 5.92 Å². The second-order valence-corrected chi connectivity index (χ2v) is 6.95. The van der Waals surface area contributed by atoms with Gasteiger partial charge in [0.2, 0.25) is 5.89 Å². The van der Waals surface area contributed by atoms with Gasteiger partial charge in [0.15, 0.2) is 0 Å². The van der Waals surface area contributed by atoms with E-state index in [4.69, 9.17) is 20.8 Å². The summed E-state index contributed by atoms with van der Waals surface area (Å²) >= 11 is 7.80. The van der Waals surface area contributed by atoms with Crippen LogP contribution in [0, 0.1) is 5.92 Å². The van der Waals surface area contributed by atoms with Crippen molar-refractivity contribution >= 4 is 23.4 Å². The van der Waals surface area contributed by atoms with E-state index in [0.717, 1.165) is 17.2 Å². The third kappa shape index (κ3) is 3.96. The van der Waals surface area contributed by atoms with Crippen molar-refractivity contribution in [2.75, 3.05) is 12.9 Å². The quantitative estimate of drug-likeness (QED) is 0.720. The fraction of sp³-hybridized carbons (Fsp3) is 0.500. The molecule has 0 amide bonds.